The smallest absolute Gasteiger partial charge is 0.337 e. The number of nitrogens with one attached hydrogen (secondary N) is 1. The zero-order valence-electron chi connectivity index (χ0n) is 16.0. The van der Waals surface area contributed by atoms with Gasteiger partial charge >= 0.3 is 5.97 Å². The van der Waals surface area contributed by atoms with Gasteiger partial charge in [0, 0.05) is 11.3 Å². The van der Waals surface area contributed by atoms with Crippen LogP contribution in [0, 0.1) is 0 Å². The van der Waals surface area contributed by atoms with Crippen LogP contribution in [-0.4, -0.2) is 44.6 Å². The number of benzene rings is 2. The SMILES string of the molecule is COC(=O)c1ccc(NC(=O)CSc2nnc3ccc(-c4ccccc4)nn23)cc1. The van der Waals surface area contributed by atoms with Gasteiger partial charge in [0.25, 0.3) is 0 Å². The zero-order chi connectivity index (χ0) is 20.9. The second kappa shape index (κ2) is 8.75. The molecular weight excluding hydrogens is 402 g/mol. The van der Waals surface area contributed by atoms with E-state index >= 15 is 0 Å². The second-order valence-electron chi connectivity index (χ2n) is 6.24. The number of anilines is 1. The molecule has 0 radical (unpaired) electrons. The molecule has 2 aromatic carbocycles. The lowest BCUT2D eigenvalue weighted by atomic mass is 10.1. The van der Waals surface area contributed by atoms with E-state index in [-0.39, 0.29) is 11.7 Å². The van der Waals surface area contributed by atoms with Gasteiger partial charge in [-0.25, -0.2) is 4.79 Å². The largest absolute Gasteiger partial charge is 0.465 e. The Hall–Kier alpha value is -3.72. The van der Waals surface area contributed by atoms with Crippen molar-refractivity contribution in [2.75, 3.05) is 18.2 Å². The number of thioether (sulfide) groups is 1. The highest BCUT2D eigenvalue weighted by Crippen LogP contribution is 2.21. The van der Waals surface area contributed by atoms with Crippen LogP contribution in [0.25, 0.3) is 16.9 Å². The highest BCUT2D eigenvalue weighted by molar-refractivity contribution is 7.99. The summed E-state index contributed by atoms with van der Waals surface area (Å²) in [5.41, 5.74) is 3.39. The summed E-state index contributed by atoms with van der Waals surface area (Å²) in [6.45, 7) is 0. The molecule has 0 unspecified atom stereocenters. The van der Waals surface area contributed by atoms with Crippen LogP contribution in [0.4, 0.5) is 5.69 Å². The van der Waals surface area contributed by atoms with Crippen LogP contribution in [0.5, 0.6) is 0 Å². The minimum absolute atomic E-state index is 0.136. The van der Waals surface area contributed by atoms with E-state index in [1.54, 1.807) is 28.8 Å². The molecule has 0 aliphatic carbocycles. The van der Waals surface area contributed by atoms with Crippen molar-refractivity contribution in [3.05, 3.63) is 72.3 Å². The normalized spacial score (nSPS) is 10.7. The Morgan fingerprint density at radius 1 is 1.00 bits per heavy atom. The van der Waals surface area contributed by atoms with E-state index < -0.39 is 5.97 Å². The fraction of sp³-hybridized carbons (Fsp3) is 0.0952. The molecule has 0 aliphatic rings. The Morgan fingerprint density at radius 2 is 1.77 bits per heavy atom. The topological polar surface area (TPSA) is 98.5 Å². The number of ether oxygens (including phenoxy) is 1. The lowest BCUT2D eigenvalue weighted by molar-refractivity contribution is -0.113. The van der Waals surface area contributed by atoms with Crippen molar-refractivity contribution in [2.45, 2.75) is 5.16 Å². The van der Waals surface area contributed by atoms with Gasteiger partial charge in [-0.05, 0) is 36.4 Å². The Bertz CT molecular complexity index is 1190. The molecular formula is C21H17N5O3S. The lowest BCUT2D eigenvalue weighted by Gasteiger charge is -2.06. The first-order valence-electron chi connectivity index (χ1n) is 9.03. The van der Waals surface area contributed by atoms with E-state index in [4.69, 9.17) is 0 Å². The summed E-state index contributed by atoms with van der Waals surface area (Å²) in [6, 6.07) is 20.0. The first-order chi connectivity index (χ1) is 14.6. The molecule has 0 aliphatic heterocycles. The number of carbonyl (C=O) groups is 2. The van der Waals surface area contributed by atoms with Crippen molar-refractivity contribution in [2.24, 2.45) is 0 Å². The molecule has 4 aromatic rings. The van der Waals surface area contributed by atoms with E-state index in [0.717, 1.165) is 11.3 Å². The summed E-state index contributed by atoms with van der Waals surface area (Å²) >= 11 is 1.24. The van der Waals surface area contributed by atoms with Gasteiger partial charge < -0.3 is 10.1 Å². The summed E-state index contributed by atoms with van der Waals surface area (Å²) in [5.74, 6) is -0.497. The van der Waals surface area contributed by atoms with Crippen LogP contribution < -0.4 is 5.32 Å². The first-order valence-corrected chi connectivity index (χ1v) is 10.0. The number of rotatable bonds is 6. The van der Waals surface area contributed by atoms with E-state index in [2.05, 4.69) is 25.3 Å². The molecule has 4 rings (SSSR count). The molecule has 9 heteroatoms. The number of methoxy groups -OCH3 is 1. The van der Waals surface area contributed by atoms with Gasteiger partial charge in [-0.3, -0.25) is 4.79 Å². The Morgan fingerprint density at radius 3 is 2.50 bits per heavy atom. The summed E-state index contributed by atoms with van der Waals surface area (Å²) in [5, 5.41) is 16.1. The highest BCUT2D eigenvalue weighted by atomic mass is 32.2. The van der Waals surface area contributed by atoms with Crippen molar-refractivity contribution in [3.63, 3.8) is 0 Å². The zero-order valence-corrected chi connectivity index (χ0v) is 16.8. The van der Waals surface area contributed by atoms with Crippen LogP contribution in [0.3, 0.4) is 0 Å². The van der Waals surface area contributed by atoms with Crippen LogP contribution in [0.1, 0.15) is 10.4 Å². The van der Waals surface area contributed by atoms with E-state index in [1.165, 1.54) is 18.9 Å². The lowest BCUT2D eigenvalue weighted by Crippen LogP contribution is -2.14. The number of hydrogen-bond donors (Lipinski definition) is 1. The Labute approximate surface area is 176 Å². The maximum Gasteiger partial charge on any atom is 0.337 e. The third kappa shape index (κ3) is 4.31. The molecule has 2 heterocycles. The first kappa shape index (κ1) is 19.6. The molecule has 8 nitrogen and oxygen atoms in total. The maximum absolute atomic E-state index is 12.3. The molecule has 0 spiro atoms. The van der Waals surface area contributed by atoms with Crippen molar-refractivity contribution >= 4 is 35.0 Å². The minimum atomic E-state index is -0.426. The van der Waals surface area contributed by atoms with Crippen LogP contribution in [-0.2, 0) is 9.53 Å². The van der Waals surface area contributed by atoms with E-state index in [0.29, 0.717) is 22.1 Å². The van der Waals surface area contributed by atoms with Crippen molar-refractivity contribution in [1.82, 2.24) is 19.8 Å². The van der Waals surface area contributed by atoms with Gasteiger partial charge in [0.1, 0.15) is 0 Å². The molecule has 0 saturated heterocycles. The summed E-state index contributed by atoms with van der Waals surface area (Å²) in [4.78, 5) is 23.8. The second-order valence-corrected chi connectivity index (χ2v) is 7.19. The number of carbonyl (C=O) groups excluding carboxylic acids is 2. The number of esters is 1. The van der Waals surface area contributed by atoms with Crippen LogP contribution >= 0.6 is 11.8 Å². The quantitative estimate of drug-likeness (QED) is 0.378. The summed E-state index contributed by atoms with van der Waals surface area (Å²) < 4.78 is 6.29. The van der Waals surface area contributed by atoms with Gasteiger partial charge in [-0.15, -0.1) is 10.2 Å². The standard InChI is InChI=1S/C21H17N5O3S/c1-29-20(28)15-7-9-16(10-8-15)22-19(27)13-30-21-24-23-18-12-11-17(25-26(18)21)14-5-3-2-4-6-14/h2-12H,13H2,1H3,(H,22,27). The average molecular weight is 419 g/mol. The molecule has 0 bridgehead atoms. The molecule has 2 aromatic heterocycles. The third-order valence-corrected chi connectivity index (χ3v) is 5.15. The van der Waals surface area contributed by atoms with Gasteiger partial charge in [0.2, 0.25) is 11.1 Å². The van der Waals surface area contributed by atoms with E-state index in [1.807, 2.05) is 42.5 Å². The number of nitrogens with zero attached hydrogens (tertiary/aromatic N) is 4. The summed E-state index contributed by atoms with van der Waals surface area (Å²) in [6.07, 6.45) is 0. The van der Waals surface area contributed by atoms with Gasteiger partial charge in [0.15, 0.2) is 5.65 Å². The number of fused-ring (bicyclic) bond motifs is 1. The fourth-order valence-electron chi connectivity index (χ4n) is 2.76. The van der Waals surface area contributed by atoms with Crippen LogP contribution in [0.2, 0.25) is 0 Å². The highest BCUT2D eigenvalue weighted by Gasteiger charge is 2.12. The molecule has 30 heavy (non-hydrogen) atoms. The van der Waals surface area contributed by atoms with E-state index in [9.17, 15) is 9.59 Å². The molecule has 0 fully saturated rings. The predicted octanol–water partition coefficient (Wildman–Crippen LogP) is 3.31. The van der Waals surface area contributed by atoms with Crippen molar-refractivity contribution in [1.29, 1.82) is 0 Å². The number of aromatic nitrogens is 4. The van der Waals surface area contributed by atoms with Crippen molar-refractivity contribution < 1.29 is 14.3 Å². The van der Waals surface area contributed by atoms with Gasteiger partial charge in [-0.1, -0.05) is 42.1 Å². The fourth-order valence-corrected chi connectivity index (χ4v) is 3.44. The minimum Gasteiger partial charge on any atom is -0.465 e. The number of hydrogen-bond acceptors (Lipinski definition) is 7. The molecule has 150 valence electrons. The molecule has 0 saturated carbocycles. The summed E-state index contributed by atoms with van der Waals surface area (Å²) in [7, 11) is 1.32. The monoisotopic (exact) mass is 419 g/mol. The molecule has 1 N–H and O–H groups in total. The third-order valence-electron chi connectivity index (χ3n) is 4.23. The molecule has 0 atom stereocenters. The average Bonchev–Trinajstić information content (AvgIpc) is 3.20. The predicted molar refractivity (Wildman–Crippen MR) is 113 cm³/mol. The van der Waals surface area contributed by atoms with Gasteiger partial charge in [-0.2, -0.15) is 9.61 Å². The Kier molecular flexibility index (Phi) is 5.71. The van der Waals surface area contributed by atoms with Gasteiger partial charge in [0.05, 0.1) is 24.1 Å². The van der Waals surface area contributed by atoms with Crippen LogP contribution in [0.15, 0.2) is 71.9 Å². The maximum atomic E-state index is 12.3. The Balaban J connectivity index is 1.43. The van der Waals surface area contributed by atoms with Crippen molar-refractivity contribution in [3.8, 4) is 11.3 Å². The number of amides is 1. The molecule has 1 amide bonds.